The maximum absolute atomic E-state index is 12.3. The lowest BCUT2D eigenvalue weighted by molar-refractivity contribution is 0.0921. The van der Waals surface area contributed by atoms with Gasteiger partial charge in [-0.3, -0.25) is 4.79 Å². The number of carbonyl (C=O) groups excluding carboxylic acids is 1. The SMILES string of the molecule is Cc1cc(Br)ccc1C(=O)NCC1(CBr)CCCCC1. The van der Waals surface area contributed by atoms with Crippen molar-refractivity contribution in [2.45, 2.75) is 39.0 Å². The third-order valence-electron chi connectivity index (χ3n) is 4.25. The lowest BCUT2D eigenvalue weighted by atomic mass is 9.75. The Balaban J connectivity index is 2.00. The van der Waals surface area contributed by atoms with Crippen molar-refractivity contribution in [1.82, 2.24) is 5.32 Å². The Labute approximate surface area is 138 Å². The van der Waals surface area contributed by atoms with Crippen LogP contribution in [0.3, 0.4) is 0 Å². The smallest absolute Gasteiger partial charge is 0.251 e. The van der Waals surface area contributed by atoms with E-state index in [2.05, 4.69) is 37.2 Å². The molecule has 1 aliphatic rings. The van der Waals surface area contributed by atoms with Gasteiger partial charge in [-0.1, -0.05) is 51.1 Å². The summed E-state index contributed by atoms with van der Waals surface area (Å²) < 4.78 is 1.01. The Morgan fingerprint density at radius 2 is 2.00 bits per heavy atom. The summed E-state index contributed by atoms with van der Waals surface area (Å²) in [6.45, 7) is 2.74. The molecule has 0 radical (unpaired) electrons. The first-order valence-corrected chi connectivity index (χ1v) is 9.08. The van der Waals surface area contributed by atoms with Gasteiger partial charge < -0.3 is 5.32 Å². The van der Waals surface area contributed by atoms with E-state index < -0.39 is 0 Å². The monoisotopic (exact) mass is 401 g/mol. The van der Waals surface area contributed by atoms with Crippen molar-refractivity contribution in [2.24, 2.45) is 5.41 Å². The van der Waals surface area contributed by atoms with E-state index in [1.165, 1.54) is 32.1 Å². The van der Waals surface area contributed by atoms with Crippen molar-refractivity contribution in [1.29, 1.82) is 0 Å². The van der Waals surface area contributed by atoms with Gasteiger partial charge in [0, 0.05) is 21.9 Å². The number of nitrogens with one attached hydrogen (secondary N) is 1. The molecule has 1 fully saturated rings. The van der Waals surface area contributed by atoms with Gasteiger partial charge in [0.2, 0.25) is 0 Å². The Morgan fingerprint density at radius 3 is 2.60 bits per heavy atom. The average Bonchev–Trinajstić information content (AvgIpc) is 2.46. The van der Waals surface area contributed by atoms with Crippen molar-refractivity contribution in [3.63, 3.8) is 0 Å². The quantitative estimate of drug-likeness (QED) is 0.717. The summed E-state index contributed by atoms with van der Waals surface area (Å²) >= 11 is 7.07. The number of benzene rings is 1. The number of rotatable bonds is 4. The average molecular weight is 403 g/mol. The van der Waals surface area contributed by atoms with Gasteiger partial charge in [-0.15, -0.1) is 0 Å². The molecule has 1 N–H and O–H groups in total. The van der Waals surface area contributed by atoms with E-state index >= 15 is 0 Å². The molecule has 20 heavy (non-hydrogen) atoms. The van der Waals surface area contributed by atoms with Crippen LogP contribution in [0, 0.1) is 12.3 Å². The third-order valence-corrected chi connectivity index (χ3v) is 5.94. The number of carbonyl (C=O) groups is 1. The zero-order chi connectivity index (χ0) is 14.6. The number of hydrogen-bond acceptors (Lipinski definition) is 1. The highest BCUT2D eigenvalue weighted by molar-refractivity contribution is 9.10. The lowest BCUT2D eigenvalue weighted by Crippen LogP contribution is -2.40. The molecule has 1 aromatic carbocycles. The molecule has 0 spiro atoms. The standard InChI is InChI=1S/C16H21Br2NO/c1-12-9-13(18)5-6-14(12)15(20)19-11-16(10-17)7-3-2-4-8-16/h5-6,9H,2-4,7-8,10-11H2,1H3,(H,19,20). The molecule has 0 atom stereocenters. The summed E-state index contributed by atoms with van der Waals surface area (Å²) in [6.07, 6.45) is 6.29. The van der Waals surface area contributed by atoms with E-state index in [9.17, 15) is 4.79 Å². The van der Waals surface area contributed by atoms with Crippen molar-refractivity contribution in [2.75, 3.05) is 11.9 Å². The zero-order valence-electron chi connectivity index (χ0n) is 11.8. The summed E-state index contributed by atoms with van der Waals surface area (Å²) in [5, 5.41) is 4.11. The molecule has 2 nitrogen and oxygen atoms in total. The van der Waals surface area contributed by atoms with E-state index in [-0.39, 0.29) is 11.3 Å². The number of aryl methyl sites for hydroxylation is 1. The van der Waals surface area contributed by atoms with Crippen LogP contribution in [0.4, 0.5) is 0 Å². The summed E-state index contributed by atoms with van der Waals surface area (Å²) in [5.41, 5.74) is 2.03. The first-order valence-electron chi connectivity index (χ1n) is 7.17. The van der Waals surface area contributed by atoms with Crippen molar-refractivity contribution in [3.05, 3.63) is 33.8 Å². The van der Waals surface area contributed by atoms with Gasteiger partial charge in [0.1, 0.15) is 0 Å². The van der Waals surface area contributed by atoms with Gasteiger partial charge >= 0.3 is 0 Å². The Morgan fingerprint density at radius 1 is 1.30 bits per heavy atom. The van der Waals surface area contributed by atoms with E-state index in [1.54, 1.807) is 0 Å². The molecule has 110 valence electrons. The van der Waals surface area contributed by atoms with Crippen LogP contribution in [-0.2, 0) is 0 Å². The van der Waals surface area contributed by atoms with Gasteiger partial charge in [0.25, 0.3) is 5.91 Å². The number of amides is 1. The van der Waals surface area contributed by atoms with E-state index in [4.69, 9.17) is 0 Å². The molecule has 1 amide bonds. The zero-order valence-corrected chi connectivity index (χ0v) is 15.0. The molecule has 0 aromatic heterocycles. The normalized spacial score (nSPS) is 17.8. The lowest BCUT2D eigenvalue weighted by Gasteiger charge is -2.35. The van der Waals surface area contributed by atoms with Gasteiger partial charge in [-0.2, -0.15) is 0 Å². The molecule has 4 heteroatoms. The largest absolute Gasteiger partial charge is 0.351 e. The highest BCUT2D eigenvalue weighted by atomic mass is 79.9. The van der Waals surface area contributed by atoms with Crippen LogP contribution < -0.4 is 5.32 Å². The fraction of sp³-hybridized carbons (Fsp3) is 0.562. The molecule has 0 bridgehead atoms. The second-order valence-electron chi connectivity index (χ2n) is 5.84. The highest BCUT2D eigenvalue weighted by Crippen LogP contribution is 2.37. The fourth-order valence-electron chi connectivity index (χ4n) is 2.90. The first-order chi connectivity index (χ1) is 9.56. The second-order valence-corrected chi connectivity index (χ2v) is 7.31. The maximum atomic E-state index is 12.3. The molecule has 0 unspecified atom stereocenters. The molecule has 0 saturated heterocycles. The third kappa shape index (κ3) is 3.85. The number of halogens is 2. The van der Waals surface area contributed by atoms with Gasteiger partial charge in [-0.25, -0.2) is 0 Å². The molecule has 1 aliphatic carbocycles. The van der Waals surface area contributed by atoms with E-state index in [0.29, 0.717) is 0 Å². The van der Waals surface area contributed by atoms with Crippen LogP contribution in [0.1, 0.15) is 48.0 Å². The molecule has 1 saturated carbocycles. The molecular weight excluding hydrogens is 382 g/mol. The summed E-state index contributed by atoms with van der Waals surface area (Å²) in [4.78, 5) is 12.3. The number of alkyl halides is 1. The molecule has 0 aliphatic heterocycles. The fourth-order valence-corrected chi connectivity index (χ4v) is 4.14. The molecule has 1 aromatic rings. The van der Waals surface area contributed by atoms with Crippen molar-refractivity contribution >= 4 is 37.8 Å². The number of hydrogen-bond donors (Lipinski definition) is 1. The van der Waals surface area contributed by atoms with Crippen LogP contribution in [0.25, 0.3) is 0 Å². The molecule has 2 rings (SSSR count). The van der Waals surface area contributed by atoms with Crippen LogP contribution in [0.5, 0.6) is 0 Å². The minimum absolute atomic E-state index is 0.0425. The minimum atomic E-state index is 0.0425. The van der Waals surface area contributed by atoms with Crippen LogP contribution in [0.2, 0.25) is 0 Å². The van der Waals surface area contributed by atoms with Gasteiger partial charge in [0.15, 0.2) is 0 Å². The van der Waals surface area contributed by atoms with E-state index in [1.807, 2.05) is 25.1 Å². The minimum Gasteiger partial charge on any atom is -0.351 e. The Hall–Kier alpha value is -0.350. The van der Waals surface area contributed by atoms with Crippen LogP contribution in [0.15, 0.2) is 22.7 Å². The van der Waals surface area contributed by atoms with Crippen LogP contribution >= 0.6 is 31.9 Å². The molecule has 0 heterocycles. The second kappa shape index (κ2) is 7.08. The Kier molecular flexibility index (Phi) is 5.67. The van der Waals surface area contributed by atoms with Gasteiger partial charge in [0.05, 0.1) is 0 Å². The summed E-state index contributed by atoms with van der Waals surface area (Å²) in [6, 6.07) is 5.79. The van der Waals surface area contributed by atoms with Crippen molar-refractivity contribution in [3.8, 4) is 0 Å². The Bertz CT molecular complexity index is 481. The summed E-state index contributed by atoms with van der Waals surface area (Å²) in [5.74, 6) is 0.0425. The summed E-state index contributed by atoms with van der Waals surface area (Å²) in [7, 11) is 0. The topological polar surface area (TPSA) is 29.1 Å². The first kappa shape index (κ1) is 16.0. The predicted octanol–water partition coefficient (Wildman–Crippen LogP) is 4.83. The van der Waals surface area contributed by atoms with Crippen molar-refractivity contribution < 1.29 is 4.79 Å². The van der Waals surface area contributed by atoms with E-state index in [0.717, 1.165) is 27.5 Å². The highest BCUT2D eigenvalue weighted by Gasteiger charge is 2.31. The molecular formula is C16H21Br2NO. The van der Waals surface area contributed by atoms with Gasteiger partial charge in [-0.05, 0) is 48.9 Å². The maximum Gasteiger partial charge on any atom is 0.251 e. The predicted molar refractivity (Wildman–Crippen MR) is 90.5 cm³/mol. The van der Waals surface area contributed by atoms with Crippen LogP contribution in [-0.4, -0.2) is 17.8 Å².